The van der Waals surface area contributed by atoms with E-state index in [0.29, 0.717) is 6.42 Å². The van der Waals surface area contributed by atoms with E-state index in [1.54, 1.807) is 0 Å². The smallest absolute Gasteiger partial charge is 0.0674 e. The van der Waals surface area contributed by atoms with E-state index in [-0.39, 0.29) is 0 Å². The van der Waals surface area contributed by atoms with Gasteiger partial charge in [0.15, 0.2) is 0 Å². The summed E-state index contributed by atoms with van der Waals surface area (Å²) in [5, 5.41) is 14.8. The summed E-state index contributed by atoms with van der Waals surface area (Å²) in [6.07, 6.45) is 5.06. The number of aliphatic hydroxyl groups is 1. The quantitative estimate of drug-likeness (QED) is 0.741. The van der Waals surface area contributed by atoms with Gasteiger partial charge in [-0.15, -0.1) is 0 Å². The molecule has 1 aromatic rings. The second-order valence-corrected chi connectivity index (χ2v) is 5.22. The van der Waals surface area contributed by atoms with Gasteiger partial charge in [-0.2, -0.15) is 5.10 Å². The first-order valence-electron chi connectivity index (χ1n) is 6.74. The van der Waals surface area contributed by atoms with E-state index in [2.05, 4.69) is 25.0 Å². The summed E-state index contributed by atoms with van der Waals surface area (Å²) >= 11 is 0. The SMILES string of the molecule is CCCCCC(C)(O)Cc1cc(C)nn1CC. The van der Waals surface area contributed by atoms with Gasteiger partial charge in [-0.1, -0.05) is 26.2 Å². The average molecular weight is 238 g/mol. The fraction of sp³-hybridized carbons (Fsp3) is 0.786. The summed E-state index contributed by atoms with van der Waals surface area (Å²) in [5.41, 5.74) is 1.58. The molecule has 0 amide bonds. The van der Waals surface area contributed by atoms with Crippen LogP contribution in [0.4, 0.5) is 0 Å². The number of aromatic nitrogens is 2. The largest absolute Gasteiger partial charge is 0.390 e. The molecule has 0 spiro atoms. The molecule has 3 nitrogen and oxygen atoms in total. The minimum absolute atomic E-state index is 0.603. The van der Waals surface area contributed by atoms with Crippen LogP contribution in [0, 0.1) is 6.92 Å². The van der Waals surface area contributed by atoms with Crippen molar-refractivity contribution in [1.29, 1.82) is 0 Å². The molecule has 0 fully saturated rings. The van der Waals surface area contributed by atoms with Crippen molar-refractivity contribution in [2.75, 3.05) is 0 Å². The zero-order valence-corrected chi connectivity index (χ0v) is 11.7. The van der Waals surface area contributed by atoms with E-state index in [4.69, 9.17) is 0 Å². The summed E-state index contributed by atoms with van der Waals surface area (Å²) in [6.45, 7) is 9.08. The van der Waals surface area contributed by atoms with E-state index < -0.39 is 5.60 Å². The highest BCUT2D eigenvalue weighted by molar-refractivity contribution is 5.11. The van der Waals surface area contributed by atoms with Crippen LogP contribution in [0.2, 0.25) is 0 Å². The van der Waals surface area contributed by atoms with Crippen molar-refractivity contribution in [3.8, 4) is 0 Å². The Labute approximate surface area is 105 Å². The third-order valence-corrected chi connectivity index (χ3v) is 3.17. The second kappa shape index (κ2) is 6.20. The van der Waals surface area contributed by atoms with Crippen molar-refractivity contribution in [1.82, 2.24) is 9.78 Å². The standard InChI is InChI=1S/C14H26N2O/c1-5-7-8-9-14(4,17)11-13-10-12(3)15-16(13)6-2/h10,17H,5-9,11H2,1-4H3. The average Bonchev–Trinajstić information content (AvgIpc) is 2.58. The molecule has 98 valence electrons. The van der Waals surface area contributed by atoms with Gasteiger partial charge < -0.3 is 5.11 Å². The molecule has 0 aliphatic carbocycles. The first-order valence-corrected chi connectivity index (χ1v) is 6.74. The maximum absolute atomic E-state index is 10.4. The van der Waals surface area contributed by atoms with E-state index in [1.165, 1.54) is 12.8 Å². The summed E-state index contributed by atoms with van der Waals surface area (Å²) in [7, 11) is 0. The first kappa shape index (κ1) is 14.2. The number of unbranched alkanes of at least 4 members (excludes halogenated alkanes) is 2. The summed E-state index contributed by atoms with van der Waals surface area (Å²) in [4.78, 5) is 0. The van der Waals surface area contributed by atoms with Gasteiger partial charge in [0.25, 0.3) is 0 Å². The lowest BCUT2D eigenvalue weighted by Crippen LogP contribution is -2.28. The number of hydrogen-bond acceptors (Lipinski definition) is 2. The molecular formula is C14H26N2O. The van der Waals surface area contributed by atoms with E-state index in [9.17, 15) is 5.11 Å². The van der Waals surface area contributed by atoms with E-state index in [0.717, 1.165) is 30.8 Å². The number of hydrogen-bond donors (Lipinski definition) is 1. The van der Waals surface area contributed by atoms with Gasteiger partial charge in [-0.05, 0) is 33.3 Å². The second-order valence-electron chi connectivity index (χ2n) is 5.22. The molecule has 1 heterocycles. The van der Waals surface area contributed by atoms with E-state index in [1.807, 2.05) is 18.5 Å². The van der Waals surface area contributed by atoms with Gasteiger partial charge in [0.1, 0.15) is 0 Å². The minimum atomic E-state index is -0.603. The van der Waals surface area contributed by atoms with Crippen LogP contribution in [0.3, 0.4) is 0 Å². The highest BCUT2D eigenvalue weighted by Gasteiger charge is 2.22. The van der Waals surface area contributed by atoms with Crippen molar-refractivity contribution >= 4 is 0 Å². The highest BCUT2D eigenvalue weighted by Crippen LogP contribution is 2.20. The first-order chi connectivity index (χ1) is 7.98. The summed E-state index contributed by atoms with van der Waals surface area (Å²) in [6, 6.07) is 2.08. The lowest BCUT2D eigenvalue weighted by molar-refractivity contribution is 0.0465. The molecule has 0 saturated carbocycles. The van der Waals surface area contributed by atoms with Crippen LogP contribution in [-0.4, -0.2) is 20.5 Å². The number of nitrogens with zero attached hydrogens (tertiary/aromatic N) is 2. The lowest BCUT2D eigenvalue weighted by Gasteiger charge is -2.23. The van der Waals surface area contributed by atoms with Crippen LogP contribution in [0.25, 0.3) is 0 Å². The zero-order chi connectivity index (χ0) is 12.9. The maximum atomic E-state index is 10.4. The molecule has 1 rings (SSSR count). The Kier molecular flexibility index (Phi) is 5.19. The molecule has 0 aliphatic heterocycles. The normalized spacial score (nSPS) is 14.9. The molecule has 0 bridgehead atoms. The molecule has 0 aliphatic rings. The fourth-order valence-electron chi connectivity index (χ4n) is 2.25. The molecular weight excluding hydrogens is 212 g/mol. The molecule has 17 heavy (non-hydrogen) atoms. The van der Waals surface area contributed by atoms with Crippen molar-refractivity contribution in [2.24, 2.45) is 0 Å². The van der Waals surface area contributed by atoms with Crippen molar-refractivity contribution in [3.63, 3.8) is 0 Å². The third-order valence-electron chi connectivity index (χ3n) is 3.17. The zero-order valence-electron chi connectivity index (χ0n) is 11.7. The van der Waals surface area contributed by atoms with Gasteiger partial charge in [0.2, 0.25) is 0 Å². The molecule has 0 radical (unpaired) electrons. The Hall–Kier alpha value is -0.830. The van der Waals surface area contributed by atoms with Crippen LogP contribution in [0.15, 0.2) is 6.07 Å². The summed E-state index contributed by atoms with van der Waals surface area (Å²) in [5.74, 6) is 0. The Bertz CT molecular complexity index is 342. The topological polar surface area (TPSA) is 38.1 Å². The predicted octanol–water partition coefficient (Wildman–Crippen LogP) is 3.09. The molecule has 1 atom stereocenters. The minimum Gasteiger partial charge on any atom is -0.390 e. The lowest BCUT2D eigenvalue weighted by atomic mass is 9.93. The number of rotatable bonds is 7. The van der Waals surface area contributed by atoms with Crippen molar-refractivity contribution in [3.05, 3.63) is 17.5 Å². The molecule has 3 heteroatoms. The molecule has 0 aromatic carbocycles. The Morgan fingerprint density at radius 2 is 2.06 bits per heavy atom. The van der Waals surface area contributed by atoms with Crippen LogP contribution >= 0.6 is 0 Å². The Morgan fingerprint density at radius 3 is 2.65 bits per heavy atom. The van der Waals surface area contributed by atoms with Crippen molar-refractivity contribution < 1.29 is 5.11 Å². The Balaban J connectivity index is 2.61. The van der Waals surface area contributed by atoms with Crippen LogP contribution in [0.1, 0.15) is 57.8 Å². The van der Waals surface area contributed by atoms with Gasteiger partial charge >= 0.3 is 0 Å². The van der Waals surface area contributed by atoms with Gasteiger partial charge in [-0.25, -0.2) is 0 Å². The highest BCUT2D eigenvalue weighted by atomic mass is 16.3. The van der Waals surface area contributed by atoms with Crippen LogP contribution < -0.4 is 0 Å². The van der Waals surface area contributed by atoms with E-state index >= 15 is 0 Å². The third kappa shape index (κ3) is 4.50. The van der Waals surface area contributed by atoms with Gasteiger partial charge in [0, 0.05) is 18.7 Å². The van der Waals surface area contributed by atoms with Gasteiger partial charge in [-0.3, -0.25) is 4.68 Å². The fourth-order valence-corrected chi connectivity index (χ4v) is 2.25. The number of aryl methyl sites for hydroxylation is 2. The monoisotopic (exact) mass is 238 g/mol. The molecule has 1 unspecified atom stereocenters. The molecule has 1 N–H and O–H groups in total. The van der Waals surface area contributed by atoms with Crippen molar-refractivity contribution in [2.45, 2.75) is 71.9 Å². The van der Waals surface area contributed by atoms with Gasteiger partial charge in [0.05, 0.1) is 11.3 Å². The summed E-state index contributed by atoms with van der Waals surface area (Å²) < 4.78 is 1.99. The van der Waals surface area contributed by atoms with Crippen LogP contribution in [0.5, 0.6) is 0 Å². The molecule has 1 aromatic heterocycles. The maximum Gasteiger partial charge on any atom is 0.0674 e. The van der Waals surface area contributed by atoms with Crippen LogP contribution in [-0.2, 0) is 13.0 Å². The predicted molar refractivity (Wildman–Crippen MR) is 71.1 cm³/mol. The Morgan fingerprint density at radius 1 is 1.35 bits per heavy atom. The molecule has 0 saturated heterocycles.